The molecular formula is C7H12O2. The summed E-state index contributed by atoms with van der Waals surface area (Å²) in [7, 11) is 0. The molecular weight excluding hydrogens is 116 g/mol. The Hall–Kier alpha value is -0.790. The summed E-state index contributed by atoms with van der Waals surface area (Å²) in [5, 5.41) is 8.41. The summed E-state index contributed by atoms with van der Waals surface area (Å²) in [5.74, 6) is -1.45. The van der Waals surface area contributed by atoms with Crippen LogP contribution in [0.4, 0.5) is 0 Å². The molecule has 0 amide bonds. The zero-order chi connectivity index (χ0) is 11.6. The van der Waals surface area contributed by atoms with Gasteiger partial charge in [-0.2, -0.15) is 0 Å². The van der Waals surface area contributed by atoms with E-state index in [9.17, 15) is 4.79 Å². The number of hydrogen-bond donors (Lipinski definition) is 1. The molecule has 2 heteroatoms. The first-order valence-corrected chi connectivity index (χ1v) is 2.57. The number of rotatable bonds is 3. The number of carboxylic acid groups (broad SMARTS) is 1. The van der Waals surface area contributed by atoms with Gasteiger partial charge in [-0.05, 0) is 13.2 Å². The van der Waals surface area contributed by atoms with Crippen molar-refractivity contribution >= 4 is 5.97 Å². The quantitative estimate of drug-likeness (QED) is 0.596. The summed E-state index contributed by atoms with van der Waals surface area (Å²) < 4.78 is 35.7. The Morgan fingerprint density at radius 3 is 3.00 bits per heavy atom. The van der Waals surface area contributed by atoms with Crippen LogP contribution in [0.15, 0.2) is 11.6 Å². The van der Waals surface area contributed by atoms with Crippen LogP contribution in [0.5, 0.6) is 0 Å². The number of carboxylic acids is 1. The maximum absolute atomic E-state index is 10.3. The van der Waals surface area contributed by atoms with Gasteiger partial charge in [0.2, 0.25) is 0 Å². The fourth-order valence-corrected chi connectivity index (χ4v) is 0.365. The van der Waals surface area contributed by atoms with Crippen LogP contribution in [0.1, 0.15) is 33.4 Å². The molecule has 0 radical (unpaired) electrons. The fourth-order valence-electron chi connectivity index (χ4n) is 0.365. The molecule has 0 aromatic heterocycles. The van der Waals surface area contributed by atoms with E-state index in [1.807, 2.05) is 0 Å². The van der Waals surface area contributed by atoms with Crippen LogP contribution in [-0.2, 0) is 4.79 Å². The van der Waals surface area contributed by atoms with E-state index in [1.54, 1.807) is 0 Å². The van der Waals surface area contributed by atoms with Crippen LogP contribution >= 0.6 is 0 Å². The molecule has 0 spiro atoms. The van der Waals surface area contributed by atoms with Crippen molar-refractivity contribution in [1.29, 1.82) is 0 Å². The van der Waals surface area contributed by atoms with Gasteiger partial charge in [0.25, 0.3) is 0 Å². The monoisotopic (exact) mass is 133 g/mol. The fraction of sp³-hybridized carbons (Fsp3) is 0.571. The molecule has 9 heavy (non-hydrogen) atoms. The molecule has 0 bridgehead atoms. The number of aliphatic carboxylic acids is 1. The number of carbonyl (C=O) groups is 1. The molecule has 1 N–H and O–H groups in total. The molecule has 0 aliphatic rings. The average molecular weight is 133 g/mol. The van der Waals surface area contributed by atoms with E-state index in [1.165, 1.54) is 6.92 Å². The molecule has 2 nitrogen and oxygen atoms in total. The molecule has 0 fully saturated rings. The van der Waals surface area contributed by atoms with Gasteiger partial charge in [-0.3, -0.25) is 0 Å². The van der Waals surface area contributed by atoms with Crippen LogP contribution in [0, 0.1) is 0 Å². The predicted octanol–water partition coefficient (Wildman–Crippen LogP) is 1.82. The molecule has 0 aromatic rings. The van der Waals surface area contributed by atoms with Gasteiger partial charge in [0.05, 0.1) is 0 Å². The molecule has 0 aromatic carbocycles. The summed E-state index contributed by atoms with van der Waals surface area (Å²) in [6.07, 6.45) is -1.76. The van der Waals surface area contributed by atoms with Crippen molar-refractivity contribution in [1.82, 2.24) is 0 Å². The van der Waals surface area contributed by atoms with Gasteiger partial charge in [0.1, 0.15) is 0 Å². The minimum atomic E-state index is -2.71. The highest BCUT2D eigenvalue weighted by Crippen LogP contribution is 2.01. The van der Waals surface area contributed by atoms with E-state index in [4.69, 9.17) is 12.0 Å². The molecule has 0 atom stereocenters. The largest absolute Gasteiger partial charge is 0.478 e. The highest BCUT2D eigenvalue weighted by Gasteiger charge is 1.90. The van der Waals surface area contributed by atoms with Crippen LogP contribution in [0.3, 0.4) is 0 Å². The van der Waals surface area contributed by atoms with E-state index in [-0.39, 0.29) is 6.42 Å². The molecule has 0 rings (SSSR count). The summed E-state index contributed by atoms with van der Waals surface area (Å²) in [6.45, 7) is -1.25. The normalized spacial score (nSPS) is 22.8. The van der Waals surface area contributed by atoms with Crippen LogP contribution in [-0.4, -0.2) is 11.1 Å². The highest BCUT2D eigenvalue weighted by molar-refractivity contribution is 5.80. The third-order valence-corrected chi connectivity index (χ3v) is 0.635. The minimum Gasteiger partial charge on any atom is -0.478 e. The van der Waals surface area contributed by atoms with Gasteiger partial charge in [0, 0.05) is 12.9 Å². The van der Waals surface area contributed by atoms with Gasteiger partial charge in [-0.1, -0.05) is 18.9 Å². The molecule has 0 heterocycles. The minimum absolute atomic E-state index is 0.0789. The Bertz CT molecular complexity index is 253. The van der Waals surface area contributed by atoms with Crippen molar-refractivity contribution < 1.29 is 16.8 Å². The molecule has 0 aliphatic heterocycles. The zero-order valence-electron chi connectivity index (χ0n) is 10.1. The van der Waals surface area contributed by atoms with Crippen molar-refractivity contribution in [3.63, 3.8) is 0 Å². The van der Waals surface area contributed by atoms with Gasteiger partial charge in [-0.25, -0.2) is 4.79 Å². The predicted molar refractivity (Wildman–Crippen MR) is 36.3 cm³/mol. The standard InChI is InChI=1S/C7H12O2/c1-3-4-6(2)5-7(8)9/h5H,3-4H2,1-2H3,(H,8,9)/b6-5+/i2D3,4D2. The van der Waals surface area contributed by atoms with Crippen LogP contribution in [0.25, 0.3) is 0 Å². The smallest absolute Gasteiger partial charge is 0.328 e. The first-order valence-electron chi connectivity index (χ1n) is 5.07. The molecule has 0 saturated carbocycles. The highest BCUT2D eigenvalue weighted by atomic mass is 16.4. The number of allylic oxidation sites excluding steroid dienone is 1. The summed E-state index contributed by atoms with van der Waals surface area (Å²) in [5.41, 5.74) is -0.667. The van der Waals surface area contributed by atoms with Crippen molar-refractivity contribution in [2.45, 2.75) is 26.6 Å². The molecule has 52 valence electrons. The maximum atomic E-state index is 10.3. The lowest BCUT2D eigenvalue weighted by molar-refractivity contribution is -0.131. The Morgan fingerprint density at radius 2 is 2.67 bits per heavy atom. The van der Waals surface area contributed by atoms with E-state index >= 15 is 0 Å². The second kappa shape index (κ2) is 4.13. The van der Waals surface area contributed by atoms with Crippen molar-refractivity contribution in [3.8, 4) is 0 Å². The van der Waals surface area contributed by atoms with E-state index in [2.05, 4.69) is 0 Å². The molecule has 0 saturated heterocycles. The molecule has 0 unspecified atom stereocenters. The SMILES string of the molecule is [2H]C([2H])([2H])/C(=C\C(=O)O)C([2H])([2H])CC. The van der Waals surface area contributed by atoms with Crippen molar-refractivity contribution in [2.24, 2.45) is 0 Å². The van der Waals surface area contributed by atoms with E-state index < -0.39 is 24.8 Å². The lowest BCUT2D eigenvalue weighted by Gasteiger charge is -1.92. The average Bonchev–Trinajstić information content (AvgIpc) is 1.98. The van der Waals surface area contributed by atoms with Crippen molar-refractivity contribution in [3.05, 3.63) is 11.6 Å². The van der Waals surface area contributed by atoms with Gasteiger partial charge < -0.3 is 5.11 Å². The summed E-state index contributed by atoms with van der Waals surface area (Å²) >= 11 is 0. The second-order valence-electron chi connectivity index (χ2n) is 1.43. The molecule has 0 aliphatic carbocycles. The zero-order valence-corrected chi connectivity index (χ0v) is 5.14. The Labute approximate surface area is 62.2 Å². The van der Waals surface area contributed by atoms with Gasteiger partial charge in [0.15, 0.2) is 0 Å². The number of hydrogen-bond acceptors (Lipinski definition) is 1. The van der Waals surface area contributed by atoms with Gasteiger partial charge in [-0.15, -0.1) is 0 Å². The first-order chi connectivity index (χ1) is 6.11. The second-order valence-corrected chi connectivity index (χ2v) is 1.43. The lowest BCUT2D eigenvalue weighted by atomic mass is 10.2. The maximum Gasteiger partial charge on any atom is 0.328 e. The van der Waals surface area contributed by atoms with Gasteiger partial charge >= 0.3 is 5.97 Å². The topological polar surface area (TPSA) is 37.3 Å². The third kappa shape index (κ3) is 5.07. The lowest BCUT2D eigenvalue weighted by Crippen LogP contribution is -1.89. The summed E-state index contributed by atoms with van der Waals surface area (Å²) in [6, 6.07) is 0. The Kier molecular flexibility index (Phi) is 1.31. The van der Waals surface area contributed by atoms with Crippen molar-refractivity contribution in [2.75, 3.05) is 0 Å². The van der Waals surface area contributed by atoms with Crippen LogP contribution < -0.4 is 0 Å². The first kappa shape index (κ1) is 2.86. The van der Waals surface area contributed by atoms with E-state index in [0.29, 0.717) is 6.08 Å². The Balaban J connectivity index is 5.24. The van der Waals surface area contributed by atoms with Crippen LogP contribution in [0.2, 0.25) is 0 Å². The van der Waals surface area contributed by atoms with E-state index in [0.717, 1.165) is 0 Å². The third-order valence-electron chi connectivity index (χ3n) is 0.635. The Morgan fingerprint density at radius 1 is 2.00 bits per heavy atom. The summed E-state index contributed by atoms with van der Waals surface area (Å²) in [4.78, 5) is 10.3.